The molecule has 11 aromatic carbocycles. The number of nitrogens with zero attached hydrogens (tertiary/aromatic N) is 4. The molecule has 16 rings (SSSR count). The highest BCUT2D eigenvalue weighted by Crippen LogP contribution is 2.44. The van der Waals surface area contributed by atoms with Crippen molar-refractivity contribution < 1.29 is 0 Å². The highest BCUT2D eigenvalue weighted by atomic mass is 15.0. The molecule has 380 valence electrons. The lowest BCUT2D eigenvalue weighted by Gasteiger charge is -2.17. The summed E-state index contributed by atoms with van der Waals surface area (Å²) in [5, 5.41) is 7.44. The third-order valence-corrected chi connectivity index (χ3v) is 16.7. The largest absolute Gasteiger partial charge is 0.312 e. The maximum absolute atomic E-state index is 5.68. The van der Waals surface area contributed by atoms with Crippen molar-refractivity contribution in [2.24, 2.45) is 0 Å². The van der Waals surface area contributed by atoms with Crippen LogP contribution in [0.5, 0.6) is 0 Å². The second-order valence-electron chi connectivity index (χ2n) is 21.3. The van der Waals surface area contributed by atoms with E-state index in [0.29, 0.717) is 0 Å². The van der Waals surface area contributed by atoms with Crippen molar-refractivity contribution in [2.45, 2.75) is 12.8 Å². The van der Waals surface area contributed by atoms with Crippen LogP contribution in [0.1, 0.15) is 12.8 Å². The minimum Gasteiger partial charge on any atom is -0.312 e. The molecular weight excluding hydrogens is 981 g/mol. The molecule has 0 N–H and O–H groups in total. The smallest absolute Gasteiger partial charge is 0.0715 e. The molecule has 0 atom stereocenters. The number of hydrogen-bond donors (Lipinski definition) is 0. The van der Waals surface area contributed by atoms with Crippen LogP contribution in [0.15, 0.2) is 291 Å². The predicted molar refractivity (Wildman–Crippen MR) is 341 cm³/mol. The summed E-state index contributed by atoms with van der Waals surface area (Å²) in [7, 11) is 0. The van der Waals surface area contributed by atoms with E-state index in [1.165, 1.54) is 93.4 Å². The molecule has 1 aliphatic carbocycles. The topological polar surface area (TPSA) is 27.7 Å². The molecule has 0 radical (unpaired) electrons. The Morgan fingerprint density at radius 2 is 0.654 bits per heavy atom. The number of hydrogen-bond acceptors (Lipinski definition) is 1. The zero-order valence-corrected chi connectivity index (χ0v) is 44.4. The molecule has 81 heavy (non-hydrogen) atoms. The zero-order valence-electron chi connectivity index (χ0n) is 44.4. The van der Waals surface area contributed by atoms with Gasteiger partial charge in [0, 0.05) is 77.2 Å². The molecule has 4 aromatic heterocycles. The molecule has 0 aliphatic heterocycles. The van der Waals surface area contributed by atoms with E-state index in [1.54, 1.807) is 0 Å². The second kappa shape index (κ2) is 19.1. The standard InChI is InChI=1S/C77H52N4/c1-4-28-58(29-5-1)79-72-43-13-10-34-64(72)67-40-19-37-61(75(67)79)52-23-16-22-51(46-52)57-49-70(55-26-17-24-53(47-55)62-38-20-41-68-65-35-11-14-44-73(65)80(76(62)68)59-30-6-2-7-31-59)78-71(50-57)56-27-18-25-54(48-56)63-39-21-42-69-66-36-12-15-45-74(66)81(77(63)69)60-32-8-3-9-33-60/h1-4,6-28,30-50H,5,29H2. The van der Waals surface area contributed by atoms with E-state index in [4.69, 9.17) is 4.98 Å². The van der Waals surface area contributed by atoms with Gasteiger partial charge in [0.1, 0.15) is 0 Å². The molecule has 15 aromatic rings. The monoisotopic (exact) mass is 1030 g/mol. The molecule has 4 nitrogen and oxygen atoms in total. The molecule has 0 unspecified atom stereocenters. The van der Waals surface area contributed by atoms with E-state index < -0.39 is 0 Å². The summed E-state index contributed by atoms with van der Waals surface area (Å²) < 4.78 is 7.36. The summed E-state index contributed by atoms with van der Waals surface area (Å²) in [6.07, 6.45) is 8.78. The Hall–Kier alpha value is -10.6. The highest BCUT2D eigenvalue weighted by Gasteiger charge is 2.22. The second-order valence-corrected chi connectivity index (χ2v) is 21.3. The minimum atomic E-state index is 0.904. The normalized spacial score (nSPS) is 12.6. The maximum Gasteiger partial charge on any atom is 0.0715 e. The zero-order chi connectivity index (χ0) is 53.4. The third kappa shape index (κ3) is 7.71. The fourth-order valence-electron chi connectivity index (χ4n) is 13.1. The van der Waals surface area contributed by atoms with E-state index in [-0.39, 0.29) is 0 Å². The SMILES string of the molecule is C1=CCCC(n2c3ccccc3c3cccc(-c4cccc(-c5cc(-c6cccc(-c7cccc8c9ccccc9n(-c9ccccc9)c78)c6)nc(-c6cccc(-c7cccc8c9ccccc9n(-c9ccccc9)c78)c6)c5)c4)c32)=C1. The summed E-state index contributed by atoms with van der Waals surface area (Å²) in [5.41, 5.74) is 23.9. The molecule has 0 fully saturated rings. The van der Waals surface area contributed by atoms with Crippen LogP contribution >= 0.6 is 0 Å². The van der Waals surface area contributed by atoms with E-state index >= 15 is 0 Å². The van der Waals surface area contributed by atoms with Crippen molar-refractivity contribution in [3.8, 4) is 78.4 Å². The first-order valence-electron chi connectivity index (χ1n) is 28.1. The van der Waals surface area contributed by atoms with Gasteiger partial charge in [-0.1, -0.05) is 212 Å². The van der Waals surface area contributed by atoms with Gasteiger partial charge in [0.15, 0.2) is 0 Å². The van der Waals surface area contributed by atoms with Gasteiger partial charge in [0.05, 0.1) is 44.5 Å². The van der Waals surface area contributed by atoms with Gasteiger partial charge in [-0.3, -0.25) is 0 Å². The van der Waals surface area contributed by atoms with Gasteiger partial charge < -0.3 is 13.7 Å². The fraction of sp³-hybridized carbons (Fsp3) is 0.0260. The van der Waals surface area contributed by atoms with Gasteiger partial charge in [0.2, 0.25) is 0 Å². The number of benzene rings is 11. The molecule has 0 saturated heterocycles. The molecule has 0 bridgehead atoms. The van der Waals surface area contributed by atoms with Crippen LogP contribution in [0, 0.1) is 0 Å². The van der Waals surface area contributed by atoms with Crippen molar-refractivity contribution in [2.75, 3.05) is 0 Å². The van der Waals surface area contributed by atoms with Gasteiger partial charge in [-0.15, -0.1) is 0 Å². The minimum absolute atomic E-state index is 0.904. The fourth-order valence-corrected chi connectivity index (χ4v) is 13.1. The van der Waals surface area contributed by atoms with Gasteiger partial charge in [-0.05, 0) is 120 Å². The van der Waals surface area contributed by atoms with Crippen LogP contribution in [-0.2, 0) is 0 Å². The lowest BCUT2D eigenvalue weighted by atomic mass is 9.94. The summed E-state index contributed by atoms with van der Waals surface area (Å²) in [6, 6.07) is 99.9. The molecular formula is C77H52N4. The van der Waals surface area contributed by atoms with E-state index in [9.17, 15) is 0 Å². The van der Waals surface area contributed by atoms with E-state index in [2.05, 4.69) is 305 Å². The van der Waals surface area contributed by atoms with Gasteiger partial charge >= 0.3 is 0 Å². The average Bonchev–Trinajstić information content (AvgIpc) is 4.36. The number of para-hydroxylation sites is 8. The molecule has 0 amide bonds. The van der Waals surface area contributed by atoms with Crippen LogP contribution < -0.4 is 0 Å². The van der Waals surface area contributed by atoms with Crippen molar-refractivity contribution >= 4 is 71.1 Å². The van der Waals surface area contributed by atoms with Gasteiger partial charge in [-0.2, -0.15) is 0 Å². The first-order chi connectivity index (χ1) is 40.2. The van der Waals surface area contributed by atoms with Crippen LogP contribution in [0.2, 0.25) is 0 Å². The molecule has 1 aliphatic rings. The van der Waals surface area contributed by atoms with Crippen molar-refractivity contribution in [3.05, 3.63) is 291 Å². The molecule has 4 heterocycles. The summed E-state index contributed by atoms with van der Waals surface area (Å²) in [4.78, 5) is 5.68. The number of pyridine rings is 1. The molecule has 4 heteroatoms. The van der Waals surface area contributed by atoms with Crippen molar-refractivity contribution in [1.82, 2.24) is 18.7 Å². The quantitative estimate of drug-likeness (QED) is 0.142. The highest BCUT2D eigenvalue weighted by molar-refractivity contribution is 6.16. The van der Waals surface area contributed by atoms with Crippen LogP contribution in [-0.4, -0.2) is 18.7 Å². The lowest BCUT2D eigenvalue weighted by Crippen LogP contribution is -2.00. The number of aromatic nitrogens is 4. The maximum atomic E-state index is 5.68. The van der Waals surface area contributed by atoms with Gasteiger partial charge in [0.25, 0.3) is 0 Å². The van der Waals surface area contributed by atoms with Gasteiger partial charge in [-0.25, -0.2) is 4.98 Å². The van der Waals surface area contributed by atoms with E-state index in [0.717, 1.165) is 69.0 Å². The summed E-state index contributed by atoms with van der Waals surface area (Å²) in [6.45, 7) is 0. The number of fused-ring (bicyclic) bond motifs is 9. The first kappa shape index (κ1) is 46.5. The van der Waals surface area contributed by atoms with Crippen LogP contribution in [0.25, 0.3) is 150 Å². The van der Waals surface area contributed by atoms with Crippen molar-refractivity contribution in [1.29, 1.82) is 0 Å². The molecule has 0 saturated carbocycles. The number of rotatable bonds is 9. The van der Waals surface area contributed by atoms with E-state index in [1.807, 2.05) is 0 Å². The van der Waals surface area contributed by atoms with Crippen LogP contribution in [0.3, 0.4) is 0 Å². The van der Waals surface area contributed by atoms with Crippen molar-refractivity contribution in [3.63, 3.8) is 0 Å². The first-order valence-corrected chi connectivity index (χ1v) is 28.1. The molecule has 0 spiro atoms. The summed E-state index contributed by atoms with van der Waals surface area (Å²) >= 11 is 0. The predicted octanol–water partition coefficient (Wildman–Crippen LogP) is 20.6. The third-order valence-electron chi connectivity index (χ3n) is 16.7. The Labute approximate surface area is 469 Å². The lowest BCUT2D eigenvalue weighted by molar-refractivity contribution is 0.979. The Bertz CT molecular complexity index is 4830. The Morgan fingerprint density at radius 3 is 1.11 bits per heavy atom. The van der Waals surface area contributed by atoms with Crippen LogP contribution in [0.4, 0.5) is 0 Å². The Balaban J connectivity index is 0.893. The number of allylic oxidation sites excluding steroid dienone is 4. The Morgan fingerprint density at radius 1 is 0.284 bits per heavy atom. The average molecular weight is 1030 g/mol. The summed E-state index contributed by atoms with van der Waals surface area (Å²) in [5.74, 6) is 0. The Kier molecular flexibility index (Phi) is 11.0.